The van der Waals surface area contributed by atoms with E-state index in [1.54, 1.807) is 71.0 Å². The fraction of sp³-hybridized carbons (Fsp3) is 0.633. The monoisotopic (exact) mass is 1120 g/mol. The van der Waals surface area contributed by atoms with E-state index >= 15 is 0 Å². The molecular weight excluding hydrogens is 1040 g/mol. The number of phenols is 1. The number of hydrogen-bond donors (Lipinski definition) is 7. The van der Waals surface area contributed by atoms with Crippen LogP contribution in [0.4, 0.5) is 0 Å². The number of benzene rings is 2. The van der Waals surface area contributed by atoms with E-state index < -0.39 is 137 Å². The number of phenolic OH excluding ortho intramolecular Hbond substituents is 1. The highest BCUT2D eigenvalue weighted by atomic mass is 16.3. The lowest BCUT2D eigenvalue weighted by Gasteiger charge is -2.35. The Kier molecular flexibility index (Phi) is 21.0. The number of carbonyl (C=O) groups excluding carboxylic acids is 10. The minimum Gasteiger partial charge on any atom is -0.508 e. The van der Waals surface area contributed by atoms with Gasteiger partial charge in [0.15, 0.2) is 0 Å². The van der Waals surface area contributed by atoms with Gasteiger partial charge in [0, 0.05) is 39.0 Å². The molecule has 81 heavy (non-hydrogen) atoms. The summed E-state index contributed by atoms with van der Waals surface area (Å²) >= 11 is 0. The quantitative estimate of drug-likeness (QED) is 0.182. The number of rotatable bonds is 10. The van der Waals surface area contributed by atoms with Crippen molar-refractivity contribution in [2.75, 3.05) is 26.2 Å². The lowest BCUT2D eigenvalue weighted by Crippen LogP contribution is -2.62. The molecule has 0 radical (unpaired) electrons. The van der Waals surface area contributed by atoms with Gasteiger partial charge in [0.1, 0.15) is 66.2 Å². The van der Waals surface area contributed by atoms with Crippen molar-refractivity contribution in [2.24, 2.45) is 23.7 Å². The summed E-state index contributed by atoms with van der Waals surface area (Å²) in [6.07, 6.45) is 3.68. The number of nitrogens with one attached hydrogen (secondary N) is 6. The lowest BCUT2D eigenvalue weighted by atomic mass is 9.96. The molecule has 5 aliphatic heterocycles. The molecule has 0 spiro atoms. The maximum atomic E-state index is 14.8. The molecule has 10 amide bonds. The van der Waals surface area contributed by atoms with Crippen LogP contribution in [0.1, 0.15) is 131 Å². The Morgan fingerprint density at radius 1 is 0.432 bits per heavy atom. The van der Waals surface area contributed by atoms with Crippen molar-refractivity contribution >= 4 is 59.1 Å². The molecule has 21 heteroatoms. The van der Waals surface area contributed by atoms with Gasteiger partial charge in [-0.05, 0) is 105 Å². The predicted octanol–water partition coefficient (Wildman–Crippen LogP) is 2.47. The summed E-state index contributed by atoms with van der Waals surface area (Å²) in [7, 11) is 0. The molecule has 2 aromatic rings. The summed E-state index contributed by atoms with van der Waals surface area (Å²) in [5.74, 6) is -7.25. The molecule has 5 heterocycles. The zero-order valence-corrected chi connectivity index (χ0v) is 48.4. The number of aromatic hydroxyl groups is 1. The second-order valence-corrected chi connectivity index (χ2v) is 24.0. The Morgan fingerprint density at radius 3 is 1.31 bits per heavy atom. The van der Waals surface area contributed by atoms with Crippen molar-refractivity contribution in [2.45, 2.75) is 193 Å². The van der Waals surface area contributed by atoms with Crippen molar-refractivity contribution in [3.8, 4) is 5.75 Å². The standard InChI is InChI=1S/C60H86N10O11/c1-9-37(8)50-56(77)62-42(32-38-17-11-10-12-18-38)51(72)64-48(35(4)5)55(76)63-43(31-34(2)3)57(78)69-29-15-21-46(69)58(79)67-27-13-19-44(67)53(74)61-41(33-39-23-25-40(71)26-24-39)52(73)65-49(36(6)7)60(81)70-30-16-22-47(70)59(80)68-28-14-20-45(68)54(75)66-50/h10-12,17-18,23-26,34-37,41-50,71H,9,13-16,19-22,27-33H2,1-8H3,(H,61,74)(H,62,77)(H,63,76)(H,64,72)(H,65,73)(H,66,75)/t37?,41-,42-,43-,44-,45-,46-,47-,48-,49?,50+/m0/s1. The molecule has 21 nitrogen and oxygen atoms in total. The molecule has 442 valence electrons. The largest absolute Gasteiger partial charge is 0.508 e. The molecular formula is C60H86N10O11. The van der Waals surface area contributed by atoms with E-state index in [9.17, 15) is 53.1 Å². The Hall–Kier alpha value is -7.06. The van der Waals surface area contributed by atoms with E-state index in [0.717, 1.165) is 0 Å². The summed E-state index contributed by atoms with van der Waals surface area (Å²) in [5, 5.41) is 27.5. The first-order valence-corrected chi connectivity index (χ1v) is 29.4. The van der Waals surface area contributed by atoms with Crippen LogP contribution in [0.3, 0.4) is 0 Å². The van der Waals surface area contributed by atoms with Gasteiger partial charge in [-0.25, -0.2) is 0 Å². The first-order chi connectivity index (χ1) is 38.6. The summed E-state index contributed by atoms with van der Waals surface area (Å²) in [5.41, 5.74) is 1.29. The van der Waals surface area contributed by atoms with Crippen LogP contribution in [0.5, 0.6) is 5.75 Å². The Labute approximate surface area is 476 Å². The highest BCUT2D eigenvalue weighted by Crippen LogP contribution is 2.29. The number of carbonyl (C=O) groups is 10. The molecule has 7 N–H and O–H groups in total. The van der Waals surface area contributed by atoms with Crippen LogP contribution in [-0.2, 0) is 60.8 Å². The van der Waals surface area contributed by atoms with Crippen molar-refractivity contribution < 1.29 is 53.1 Å². The maximum Gasteiger partial charge on any atom is 0.246 e. The molecule has 2 unspecified atom stereocenters. The number of hydrogen-bond acceptors (Lipinski definition) is 11. The van der Waals surface area contributed by atoms with E-state index in [1.165, 1.54) is 31.7 Å². The van der Waals surface area contributed by atoms with Gasteiger partial charge in [-0.1, -0.05) is 104 Å². The van der Waals surface area contributed by atoms with Crippen molar-refractivity contribution in [3.05, 3.63) is 65.7 Å². The van der Waals surface area contributed by atoms with E-state index in [-0.39, 0.29) is 63.5 Å². The molecule has 2 aromatic carbocycles. The van der Waals surface area contributed by atoms with Crippen LogP contribution in [-0.4, -0.2) is 170 Å². The van der Waals surface area contributed by atoms with Crippen LogP contribution in [0, 0.1) is 23.7 Å². The summed E-state index contributed by atoms with van der Waals surface area (Å²) < 4.78 is 0. The highest BCUT2D eigenvalue weighted by Gasteiger charge is 2.48. The zero-order valence-electron chi connectivity index (χ0n) is 48.4. The van der Waals surface area contributed by atoms with Gasteiger partial charge in [0.2, 0.25) is 59.1 Å². The molecule has 0 aromatic heterocycles. The molecule has 7 rings (SSSR count). The van der Waals surface area contributed by atoms with Gasteiger partial charge in [-0.3, -0.25) is 47.9 Å². The van der Waals surface area contributed by atoms with Crippen LogP contribution in [0.15, 0.2) is 54.6 Å². The fourth-order valence-electron chi connectivity index (χ4n) is 12.1. The number of nitrogens with zero attached hydrogens (tertiary/aromatic N) is 4. The predicted molar refractivity (Wildman–Crippen MR) is 301 cm³/mol. The third-order valence-corrected chi connectivity index (χ3v) is 16.8. The minimum atomic E-state index is -1.27. The Balaban J connectivity index is 1.25. The fourth-order valence-corrected chi connectivity index (χ4v) is 12.1. The first-order valence-electron chi connectivity index (χ1n) is 29.4. The van der Waals surface area contributed by atoms with Crippen LogP contribution in [0.2, 0.25) is 0 Å². The molecule has 0 aliphatic carbocycles. The average Bonchev–Trinajstić information content (AvgIpc) is 4.37. The van der Waals surface area contributed by atoms with Crippen LogP contribution in [0.25, 0.3) is 0 Å². The van der Waals surface area contributed by atoms with Crippen LogP contribution >= 0.6 is 0 Å². The van der Waals surface area contributed by atoms with Gasteiger partial charge in [0.25, 0.3) is 0 Å². The van der Waals surface area contributed by atoms with E-state index in [0.29, 0.717) is 62.5 Å². The Bertz CT molecular complexity index is 2610. The molecule has 5 fully saturated rings. The highest BCUT2D eigenvalue weighted by molar-refractivity contribution is 6.00. The Morgan fingerprint density at radius 2 is 0.827 bits per heavy atom. The van der Waals surface area contributed by atoms with Gasteiger partial charge in [-0.15, -0.1) is 0 Å². The van der Waals surface area contributed by atoms with Gasteiger partial charge in [-0.2, -0.15) is 0 Å². The second-order valence-electron chi connectivity index (χ2n) is 24.0. The third kappa shape index (κ3) is 14.9. The number of amides is 10. The molecule has 0 saturated carbocycles. The average molecular weight is 1120 g/mol. The number of fused-ring (bicyclic) bond motifs is 4. The van der Waals surface area contributed by atoms with Crippen LogP contribution < -0.4 is 31.9 Å². The maximum absolute atomic E-state index is 14.8. The molecule has 5 aliphatic rings. The summed E-state index contributed by atoms with van der Waals surface area (Å²) in [4.78, 5) is 153. The lowest BCUT2D eigenvalue weighted by molar-refractivity contribution is -0.149. The van der Waals surface area contributed by atoms with Crippen molar-refractivity contribution in [3.63, 3.8) is 0 Å². The second kappa shape index (κ2) is 27.6. The smallest absolute Gasteiger partial charge is 0.246 e. The third-order valence-electron chi connectivity index (χ3n) is 16.8. The molecule has 11 atom stereocenters. The van der Waals surface area contributed by atoms with Gasteiger partial charge in [0.05, 0.1) is 0 Å². The van der Waals surface area contributed by atoms with Crippen molar-refractivity contribution in [1.29, 1.82) is 0 Å². The van der Waals surface area contributed by atoms with Crippen molar-refractivity contribution in [1.82, 2.24) is 51.5 Å². The zero-order chi connectivity index (χ0) is 58.8. The summed E-state index contributed by atoms with van der Waals surface area (Å²) in [6, 6.07) is 4.13. The topological polar surface area (TPSA) is 276 Å². The summed E-state index contributed by atoms with van der Waals surface area (Å²) in [6.45, 7) is 15.3. The van der Waals surface area contributed by atoms with E-state index in [1.807, 2.05) is 26.8 Å². The SMILES string of the molecule is CCC(C)[C@H]1NC(=O)[C@@H]2CCCN2C(=O)[C@@H]2CCCN2C(=O)C(C(C)C)NC(=O)[C@H](Cc2ccc(O)cc2)NC(=O)[C@@H]2CCCN2C(=O)[C@@H]2CCCN2C(=O)[C@H](CC(C)C)NC(=O)[C@H](C(C)C)NC(=O)[C@H](Cc2ccccc2)NC1=O. The normalized spacial score (nSPS) is 28.7. The van der Waals surface area contributed by atoms with Gasteiger partial charge >= 0.3 is 0 Å². The first kappa shape index (κ1) is 61.6. The van der Waals surface area contributed by atoms with E-state index in [4.69, 9.17) is 0 Å². The van der Waals surface area contributed by atoms with E-state index in [2.05, 4.69) is 31.9 Å². The minimum absolute atomic E-state index is 0.00823. The van der Waals surface area contributed by atoms with Gasteiger partial charge < -0.3 is 56.6 Å². The molecule has 5 saturated heterocycles. The molecule has 0 bridgehead atoms.